The average Bonchev–Trinajstić information content (AvgIpc) is 2.74. The SMILES string of the molecule is Cc1c(O)cc(O)c(C(O)N2CCC3CCC(N)CC3(O)C2)c1OCC1CCCCC1. The number of likely N-dealkylation sites (tertiary alicyclic amines) is 1. The van der Waals surface area contributed by atoms with Crippen LogP contribution < -0.4 is 10.5 Å². The number of aliphatic hydroxyl groups excluding tert-OH is 1. The lowest BCUT2D eigenvalue weighted by Crippen LogP contribution is -2.59. The van der Waals surface area contributed by atoms with Crippen LogP contribution in [0.1, 0.15) is 75.1 Å². The summed E-state index contributed by atoms with van der Waals surface area (Å²) in [5.74, 6) is 0.743. The van der Waals surface area contributed by atoms with E-state index in [1.165, 1.54) is 25.3 Å². The normalized spacial score (nSPS) is 31.2. The van der Waals surface area contributed by atoms with Gasteiger partial charge in [-0.15, -0.1) is 0 Å². The van der Waals surface area contributed by atoms with Crippen molar-refractivity contribution in [3.63, 3.8) is 0 Å². The molecule has 0 aromatic heterocycles. The van der Waals surface area contributed by atoms with Gasteiger partial charge < -0.3 is 30.9 Å². The maximum absolute atomic E-state index is 11.3. The number of fused-ring (bicyclic) bond motifs is 1. The van der Waals surface area contributed by atoms with Gasteiger partial charge in [0.2, 0.25) is 0 Å². The van der Waals surface area contributed by atoms with Crippen LogP contribution in [0.2, 0.25) is 0 Å². The number of hydrogen-bond donors (Lipinski definition) is 5. The number of ether oxygens (including phenoxy) is 1. The Morgan fingerprint density at radius 1 is 1.13 bits per heavy atom. The van der Waals surface area contributed by atoms with Gasteiger partial charge >= 0.3 is 0 Å². The first-order chi connectivity index (χ1) is 14.8. The Morgan fingerprint density at radius 3 is 2.61 bits per heavy atom. The Kier molecular flexibility index (Phi) is 6.68. The molecule has 0 radical (unpaired) electrons. The third kappa shape index (κ3) is 4.65. The van der Waals surface area contributed by atoms with Crippen molar-refractivity contribution >= 4 is 0 Å². The molecule has 7 heteroatoms. The molecule has 1 aromatic rings. The smallest absolute Gasteiger partial charge is 0.140 e. The molecular formula is C24H38N2O5. The Morgan fingerprint density at radius 2 is 1.87 bits per heavy atom. The van der Waals surface area contributed by atoms with Crippen LogP contribution >= 0.6 is 0 Å². The lowest BCUT2D eigenvalue weighted by molar-refractivity contribution is -0.141. The van der Waals surface area contributed by atoms with Crippen molar-refractivity contribution in [1.82, 2.24) is 4.90 Å². The Hall–Kier alpha value is -1.54. The van der Waals surface area contributed by atoms with Crippen molar-refractivity contribution in [2.45, 2.75) is 82.6 Å². The second-order valence-electron chi connectivity index (χ2n) is 10.1. The predicted molar refractivity (Wildman–Crippen MR) is 118 cm³/mol. The fraction of sp³-hybridized carbons (Fsp3) is 0.750. The molecule has 3 fully saturated rings. The average molecular weight is 435 g/mol. The Bertz CT molecular complexity index is 782. The second-order valence-corrected chi connectivity index (χ2v) is 10.1. The highest BCUT2D eigenvalue weighted by Gasteiger charge is 2.47. The summed E-state index contributed by atoms with van der Waals surface area (Å²) < 4.78 is 6.14. The minimum atomic E-state index is -1.14. The number of phenols is 2. The lowest BCUT2D eigenvalue weighted by Gasteiger charge is -2.50. The molecule has 4 atom stereocenters. The van der Waals surface area contributed by atoms with E-state index in [4.69, 9.17) is 10.5 Å². The quantitative estimate of drug-likeness (QED) is 0.483. The number of benzene rings is 1. The minimum Gasteiger partial charge on any atom is -0.507 e. The summed E-state index contributed by atoms with van der Waals surface area (Å²) >= 11 is 0. The maximum Gasteiger partial charge on any atom is 0.140 e. The van der Waals surface area contributed by atoms with Crippen molar-refractivity contribution in [1.29, 1.82) is 0 Å². The number of piperidine rings is 1. The van der Waals surface area contributed by atoms with Crippen molar-refractivity contribution in [2.75, 3.05) is 19.7 Å². The number of phenolic OH excluding ortho intramolecular Hbond substituents is 2. The zero-order chi connectivity index (χ0) is 22.2. The maximum atomic E-state index is 11.3. The van der Waals surface area contributed by atoms with E-state index < -0.39 is 11.8 Å². The van der Waals surface area contributed by atoms with Gasteiger partial charge in [-0.3, -0.25) is 4.90 Å². The van der Waals surface area contributed by atoms with Crippen LogP contribution in [0.3, 0.4) is 0 Å². The Balaban J connectivity index is 1.56. The molecule has 0 amide bonds. The first-order valence-corrected chi connectivity index (χ1v) is 11.9. The summed E-state index contributed by atoms with van der Waals surface area (Å²) in [6.45, 7) is 3.16. The number of β-amino-alcohol motifs (C(OH)–C–C–N with tert-alkyl or cyclic N) is 1. The molecule has 174 valence electrons. The van der Waals surface area contributed by atoms with Gasteiger partial charge in [-0.25, -0.2) is 0 Å². The summed E-state index contributed by atoms with van der Waals surface area (Å²) in [7, 11) is 0. The summed E-state index contributed by atoms with van der Waals surface area (Å²) in [5.41, 5.74) is 5.98. The molecule has 1 aliphatic heterocycles. The van der Waals surface area contributed by atoms with Gasteiger partial charge in [-0.1, -0.05) is 19.3 Å². The first-order valence-electron chi connectivity index (χ1n) is 11.9. The monoisotopic (exact) mass is 434 g/mol. The van der Waals surface area contributed by atoms with E-state index in [2.05, 4.69) is 0 Å². The Labute approximate surface area is 184 Å². The summed E-state index contributed by atoms with van der Waals surface area (Å²) in [4.78, 5) is 1.80. The molecule has 2 saturated carbocycles. The lowest BCUT2D eigenvalue weighted by atomic mass is 9.69. The topological polar surface area (TPSA) is 119 Å². The highest BCUT2D eigenvalue weighted by molar-refractivity contribution is 5.56. The fourth-order valence-electron chi connectivity index (χ4n) is 5.90. The molecule has 7 nitrogen and oxygen atoms in total. The summed E-state index contributed by atoms with van der Waals surface area (Å²) in [6, 6.07) is 1.23. The van der Waals surface area contributed by atoms with E-state index in [0.29, 0.717) is 43.3 Å². The van der Waals surface area contributed by atoms with Crippen LogP contribution in [0.4, 0.5) is 0 Å². The molecule has 0 spiro atoms. The van der Waals surface area contributed by atoms with Crippen LogP contribution in [-0.4, -0.2) is 56.7 Å². The molecule has 31 heavy (non-hydrogen) atoms. The number of hydrogen-bond acceptors (Lipinski definition) is 7. The van der Waals surface area contributed by atoms with E-state index >= 15 is 0 Å². The number of aliphatic hydroxyl groups is 2. The largest absolute Gasteiger partial charge is 0.507 e. The zero-order valence-corrected chi connectivity index (χ0v) is 18.6. The van der Waals surface area contributed by atoms with Crippen LogP contribution in [-0.2, 0) is 0 Å². The van der Waals surface area contributed by atoms with Crippen molar-refractivity contribution in [3.05, 3.63) is 17.2 Å². The summed E-state index contributed by atoms with van der Waals surface area (Å²) in [6.07, 6.45) is 7.87. The van der Waals surface area contributed by atoms with Gasteiger partial charge in [0.1, 0.15) is 23.5 Å². The van der Waals surface area contributed by atoms with Crippen molar-refractivity contribution < 1.29 is 25.2 Å². The zero-order valence-electron chi connectivity index (χ0n) is 18.6. The van der Waals surface area contributed by atoms with Gasteiger partial charge in [0.25, 0.3) is 0 Å². The fourth-order valence-corrected chi connectivity index (χ4v) is 5.90. The standard InChI is InChI=1S/C24H38N2O5/c1-15-19(27)11-20(28)21(22(15)31-13-16-5-3-2-4-6-16)23(29)26-10-9-17-7-8-18(25)12-24(17,30)14-26/h11,16-18,23,27-30H,2-10,12-14,25H2,1H3. The molecule has 2 aliphatic carbocycles. The van der Waals surface area contributed by atoms with Gasteiger partial charge in [0, 0.05) is 30.8 Å². The summed E-state index contributed by atoms with van der Waals surface area (Å²) in [5, 5.41) is 43.5. The number of nitrogens with two attached hydrogens (primary N) is 1. The third-order valence-electron chi connectivity index (χ3n) is 7.81. The highest BCUT2D eigenvalue weighted by Crippen LogP contribution is 2.46. The van der Waals surface area contributed by atoms with Crippen molar-refractivity contribution in [3.8, 4) is 17.2 Å². The van der Waals surface area contributed by atoms with Gasteiger partial charge in [-0.2, -0.15) is 0 Å². The van der Waals surface area contributed by atoms with Crippen LogP contribution in [0.25, 0.3) is 0 Å². The molecule has 0 bridgehead atoms. The number of nitrogens with zero attached hydrogens (tertiary/aromatic N) is 1. The van der Waals surface area contributed by atoms with Crippen LogP contribution in [0.15, 0.2) is 6.07 Å². The number of rotatable bonds is 5. The van der Waals surface area contributed by atoms with E-state index in [-0.39, 0.29) is 29.0 Å². The molecule has 1 saturated heterocycles. The van der Waals surface area contributed by atoms with Gasteiger partial charge in [0.15, 0.2) is 0 Å². The molecule has 4 rings (SSSR count). The van der Waals surface area contributed by atoms with Crippen LogP contribution in [0.5, 0.6) is 17.2 Å². The predicted octanol–water partition coefficient (Wildman–Crippen LogP) is 2.92. The van der Waals surface area contributed by atoms with Gasteiger partial charge in [0.05, 0.1) is 17.8 Å². The van der Waals surface area contributed by atoms with Gasteiger partial charge in [-0.05, 0) is 57.3 Å². The molecule has 1 aromatic carbocycles. The van der Waals surface area contributed by atoms with E-state index in [0.717, 1.165) is 32.1 Å². The number of aromatic hydroxyl groups is 2. The molecule has 6 N–H and O–H groups in total. The van der Waals surface area contributed by atoms with E-state index in [9.17, 15) is 20.4 Å². The first kappa shape index (κ1) is 22.6. The van der Waals surface area contributed by atoms with E-state index in [1.807, 2.05) is 0 Å². The third-order valence-corrected chi connectivity index (χ3v) is 7.81. The molecule has 3 aliphatic rings. The highest BCUT2D eigenvalue weighted by atomic mass is 16.5. The molecular weight excluding hydrogens is 396 g/mol. The van der Waals surface area contributed by atoms with Crippen molar-refractivity contribution in [2.24, 2.45) is 17.6 Å². The molecule has 1 heterocycles. The molecule has 4 unspecified atom stereocenters. The van der Waals surface area contributed by atoms with E-state index in [1.54, 1.807) is 11.8 Å². The minimum absolute atomic E-state index is 0.0305. The van der Waals surface area contributed by atoms with Crippen LogP contribution in [0, 0.1) is 18.8 Å². The second kappa shape index (κ2) is 9.14.